The molecule has 2 atom stereocenters. The second-order valence-corrected chi connectivity index (χ2v) is 6.87. The third kappa shape index (κ3) is 4.00. The molecule has 2 heteroatoms. The Hall–Kier alpha value is -1.02. The summed E-state index contributed by atoms with van der Waals surface area (Å²) in [4.78, 5) is 0. The number of hydrogen-bond acceptors (Lipinski definition) is 2. The van der Waals surface area contributed by atoms with Gasteiger partial charge in [-0.25, -0.2) is 0 Å². The van der Waals surface area contributed by atoms with Crippen molar-refractivity contribution in [2.75, 3.05) is 19.7 Å². The van der Waals surface area contributed by atoms with E-state index in [1.54, 1.807) is 0 Å². The van der Waals surface area contributed by atoms with Crippen LogP contribution in [0.25, 0.3) is 0 Å². The van der Waals surface area contributed by atoms with Gasteiger partial charge in [0.2, 0.25) is 0 Å². The molecular weight excluding hydrogens is 258 g/mol. The van der Waals surface area contributed by atoms with E-state index >= 15 is 0 Å². The molecule has 21 heavy (non-hydrogen) atoms. The van der Waals surface area contributed by atoms with Crippen molar-refractivity contribution in [2.24, 2.45) is 11.8 Å². The Kier molecular flexibility index (Phi) is 5.69. The summed E-state index contributed by atoms with van der Waals surface area (Å²) in [5.41, 5.74) is 1.86. The first-order valence-electron chi connectivity index (χ1n) is 8.56. The first-order chi connectivity index (χ1) is 10.1. The average molecular weight is 289 g/mol. The van der Waals surface area contributed by atoms with Gasteiger partial charge in [0, 0.05) is 12.0 Å². The monoisotopic (exact) mass is 289 g/mol. The summed E-state index contributed by atoms with van der Waals surface area (Å²) in [7, 11) is 0. The second kappa shape index (κ2) is 7.31. The van der Waals surface area contributed by atoms with Crippen molar-refractivity contribution < 1.29 is 4.74 Å². The lowest BCUT2D eigenvalue weighted by atomic mass is 9.92. The van der Waals surface area contributed by atoms with Gasteiger partial charge in [-0.15, -0.1) is 0 Å². The van der Waals surface area contributed by atoms with Crippen LogP contribution < -0.4 is 10.1 Å². The van der Waals surface area contributed by atoms with Crippen molar-refractivity contribution in [1.82, 2.24) is 5.32 Å². The molecule has 1 aromatic carbocycles. The highest BCUT2D eigenvalue weighted by molar-refractivity contribution is 5.38. The molecular formula is C19H31NO. The number of benzene rings is 1. The summed E-state index contributed by atoms with van der Waals surface area (Å²) in [6.45, 7) is 11.9. The predicted octanol–water partition coefficient (Wildman–Crippen LogP) is 4.39. The molecule has 0 aliphatic heterocycles. The van der Waals surface area contributed by atoms with E-state index in [0.29, 0.717) is 11.3 Å². The van der Waals surface area contributed by atoms with Crippen LogP contribution in [0.1, 0.15) is 52.5 Å². The van der Waals surface area contributed by atoms with Crippen LogP contribution in [0.5, 0.6) is 5.75 Å². The van der Waals surface area contributed by atoms with Gasteiger partial charge in [0.25, 0.3) is 0 Å². The lowest BCUT2D eigenvalue weighted by Gasteiger charge is -2.19. The van der Waals surface area contributed by atoms with Gasteiger partial charge in [0.05, 0.1) is 6.61 Å². The fourth-order valence-electron chi connectivity index (χ4n) is 3.22. The third-order valence-electron chi connectivity index (χ3n) is 4.60. The zero-order valence-corrected chi connectivity index (χ0v) is 14.1. The van der Waals surface area contributed by atoms with E-state index in [1.165, 1.54) is 24.8 Å². The van der Waals surface area contributed by atoms with Gasteiger partial charge in [-0.1, -0.05) is 46.2 Å². The summed E-state index contributed by atoms with van der Waals surface area (Å²) in [5, 5.41) is 3.62. The Balaban J connectivity index is 2.01. The molecule has 0 saturated heterocycles. The van der Waals surface area contributed by atoms with E-state index < -0.39 is 0 Å². The number of nitrogens with one attached hydrogen (secondary N) is 1. The minimum Gasteiger partial charge on any atom is -0.493 e. The zero-order valence-electron chi connectivity index (χ0n) is 14.1. The van der Waals surface area contributed by atoms with E-state index in [0.717, 1.165) is 31.4 Å². The van der Waals surface area contributed by atoms with Crippen molar-refractivity contribution in [3.8, 4) is 5.75 Å². The van der Waals surface area contributed by atoms with Gasteiger partial charge >= 0.3 is 0 Å². The van der Waals surface area contributed by atoms with Crippen LogP contribution in [0.15, 0.2) is 24.3 Å². The maximum Gasteiger partial charge on any atom is 0.119 e. The number of ether oxygens (including phenoxy) is 1. The summed E-state index contributed by atoms with van der Waals surface area (Å²) in [6, 6.07) is 8.84. The van der Waals surface area contributed by atoms with E-state index in [2.05, 4.69) is 57.3 Å². The topological polar surface area (TPSA) is 21.3 Å². The molecule has 2 rings (SSSR count). The van der Waals surface area contributed by atoms with Crippen molar-refractivity contribution in [1.29, 1.82) is 0 Å². The Morgan fingerprint density at radius 2 is 1.95 bits per heavy atom. The highest BCUT2D eigenvalue weighted by Gasteiger charge is 2.53. The van der Waals surface area contributed by atoms with Crippen LogP contribution in [-0.4, -0.2) is 19.7 Å². The van der Waals surface area contributed by atoms with Crippen LogP contribution in [0.4, 0.5) is 0 Å². The largest absolute Gasteiger partial charge is 0.493 e. The summed E-state index contributed by atoms with van der Waals surface area (Å²) < 4.78 is 5.79. The Labute approximate surface area is 130 Å². The molecule has 1 saturated carbocycles. The summed E-state index contributed by atoms with van der Waals surface area (Å²) in [6.07, 6.45) is 3.81. The van der Waals surface area contributed by atoms with E-state index in [1.807, 2.05) is 0 Å². The highest BCUT2D eigenvalue weighted by atomic mass is 16.5. The molecule has 2 unspecified atom stereocenters. The quantitative estimate of drug-likeness (QED) is 0.681. The van der Waals surface area contributed by atoms with Gasteiger partial charge in [0.15, 0.2) is 0 Å². The molecule has 0 heterocycles. The predicted molar refractivity (Wildman–Crippen MR) is 90.0 cm³/mol. The van der Waals surface area contributed by atoms with Gasteiger partial charge in [0.1, 0.15) is 5.75 Å². The van der Waals surface area contributed by atoms with Gasteiger partial charge in [-0.2, -0.15) is 0 Å². The summed E-state index contributed by atoms with van der Waals surface area (Å²) >= 11 is 0. The maximum absolute atomic E-state index is 5.79. The number of rotatable bonds is 9. The van der Waals surface area contributed by atoms with Crippen molar-refractivity contribution in [2.45, 2.75) is 52.4 Å². The summed E-state index contributed by atoms with van der Waals surface area (Å²) in [5.74, 6) is 2.41. The van der Waals surface area contributed by atoms with Crippen LogP contribution in [-0.2, 0) is 5.41 Å². The number of hydrogen-bond donors (Lipinski definition) is 1. The SMILES string of the molecule is CCCNCC1(c2ccc(OCC(C)C)cc2)CC1CC. The zero-order chi connectivity index (χ0) is 15.3. The molecule has 1 aromatic rings. The second-order valence-electron chi connectivity index (χ2n) is 6.87. The van der Waals surface area contributed by atoms with Crippen LogP contribution in [0.3, 0.4) is 0 Å². The van der Waals surface area contributed by atoms with Crippen molar-refractivity contribution in [3.63, 3.8) is 0 Å². The van der Waals surface area contributed by atoms with Gasteiger partial charge in [-0.05, 0) is 48.9 Å². The molecule has 1 N–H and O–H groups in total. The molecule has 118 valence electrons. The highest BCUT2D eigenvalue weighted by Crippen LogP contribution is 2.55. The first-order valence-corrected chi connectivity index (χ1v) is 8.56. The lowest BCUT2D eigenvalue weighted by Crippen LogP contribution is -2.29. The molecule has 1 fully saturated rings. The maximum atomic E-state index is 5.79. The third-order valence-corrected chi connectivity index (χ3v) is 4.60. The Morgan fingerprint density at radius 1 is 1.24 bits per heavy atom. The molecule has 1 aliphatic rings. The first kappa shape index (κ1) is 16.4. The fourth-order valence-corrected chi connectivity index (χ4v) is 3.22. The average Bonchev–Trinajstić information content (AvgIpc) is 3.21. The van der Waals surface area contributed by atoms with E-state index in [-0.39, 0.29) is 0 Å². The van der Waals surface area contributed by atoms with Gasteiger partial charge in [-0.3, -0.25) is 0 Å². The molecule has 0 amide bonds. The Bertz CT molecular complexity index is 426. The lowest BCUT2D eigenvalue weighted by molar-refractivity contribution is 0.271. The Morgan fingerprint density at radius 3 is 2.48 bits per heavy atom. The van der Waals surface area contributed by atoms with Crippen LogP contribution in [0, 0.1) is 11.8 Å². The van der Waals surface area contributed by atoms with Crippen molar-refractivity contribution >= 4 is 0 Å². The normalized spacial score (nSPS) is 24.3. The minimum absolute atomic E-state index is 0.375. The molecule has 0 bridgehead atoms. The molecule has 0 aromatic heterocycles. The fraction of sp³-hybridized carbons (Fsp3) is 0.684. The molecule has 2 nitrogen and oxygen atoms in total. The van der Waals surface area contributed by atoms with Gasteiger partial charge < -0.3 is 10.1 Å². The van der Waals surface area contributed by atoms with Crippen LogP contribution in [0.2, 0.25) is 0 Å². The molecule has 0 radical (unpaired) electrons. The molecule has 1 aliphatic carbocycles. The minimum atomic E-state index is 0.375. The van der Waals surface area contributed by atoms with E-state index in [4.69, 9.17) is 4.74 Å². The standard InChI is InChI=1S/C19H31NO/c1-5-11-20-14-19(12-16(19)6-2)17-7-9-18(10-8-17)21-13-15(3)4/h7-10,15-16,20H,5-6,11-14H2,1-4H3. The van der Waals surface area contributed by atoms with E-state index in [9.17, 15) is 0 Å². The van der Waals surface area contributed by atoms with Crippen molar-refractivity contribution in [3.05, 3.63) is 29.8 Å². The molecule has 0 spiro atoms. The van der Waals surface area contributed by atoms with Crippen LogP contribution >= 0.6 is 0 Å². The smallest absolute Gasteiger partial charge is 0.119 e.